The number of nitrogens with zero attached hydrogens (tertiary/aromatic N) is 1. The highest BCUT2D eigenvalue weighted by atomic mass is 32.1. The minimum Gasteiger partial charge on any atom is -0.299 e. The molecule has 2 atom stereocenters. The first-order valence-corrected chi connectivity index (χ1v) is 6.54. The van der Waals surface area contributed by atoms with E-state index in [-0.39, 0.29) is 0 Å². The third kappa shape index (κ3) is 1.85. The number of Topliss-reactive ketones (excluding diaryl/α,β-unsaturated/α-hetero) is 1. The molecule has 2 aliphatic rings. The van der Waals surface area contributed by atoms with Gasteiger partial charge in [0.1, 0.15) is 5.78 Å². The quantitative estimate of drug-likeness (QED) is 0.785. The van der Waals surface area contributed by atoms with Crippen LogP contribution >= 0.6 is 11.3 Å². The molecule has 0 N–H and O–H groups in total. The van der Waals surface area contributed by atoms with Crippen LogP contribution in [0.25, 0.3) is 0 Å². The average molecular weight is 221 g/mol. The summed E-state index contributed by atoms with van der Waals surface area (Å²) in [4.78, 5) is 16.3. The van der Waals surface area contributed by atoms with Gasteiger partial charge in [-0.25, -0.2) is 4.98 Å². The second-order valence-corrected chi connectivity index (χ2v) is 5.99. The third-order valence-electron chi connectivity index (χ3n) is 3.72. The molecule has 0 aliphatic heterocycles. The summed E-state index contributed by atoms with van der Waals surface area (Å²) in [7, 11) is 0. The van der Waals surface area contributed by atoms with Crippen LogP contribution in [-0.2, 0) is 11.2 Å². The monoisotopic (exact) mass is 221 g/mol. The zero-order valence-corrected chi connectivity index (χ0v) is 9.72. The fraction of sp³-hybridized carbons (Fsp3) is 0.667. The average Bonchev–Trinajstić information content (AvgIpc) is 2.61. The highest BCUT2D eigenvalue weighted by Gasteiger charge is 2.47. The van der Waals surface area contributed by atoms with Gasteiger partial charge in [0.25, 0.3) is 0 Å². The number of carbonyl (C=O) groups excluding carboxylic acids is 1. The van der Waals surface area contributed by atoms with E-state index in [2.05, 4.69) is 4.98 Å². The van der Waals surface area contributed by atoms with Crippen LogP contribution in [0.5, 0.6) is 0 Å². The van der Waals surface area contributed by atoms with E-state index < -0.39 is 0 Å². The Labute approximate surface area is 93.7 Å². The lowest BCUT2D eigenvalue weighted by atomic mass is 9.95. The molecular weight excluding hydrogens is 206 g/mol. The van der Waals surface area contributed by atoms with Gasteiger partial charge in [0.2, 0.25) is 0 Å². The molecule has 1 heterocycles. The lowest BCUT2D eigenvalue weighted by molar-refractivity contribution is -0.122. The second-order valence-electron chi connectivity index (χ2n) is 4.93. The SMILES string of the molecule is Cc1nc(CC(=O)C2CC3CC3C2)cs1. The van der Waals surface area contributed by atoms with Gasteiger partial charge < -0.3 is 0 Å². The van der Waals surface area contributed by atoms with Gasteiger partial charge in [0.05, 0.1) is 10.7 Å². The van der Waals surface area contributed by atoms with Crippen molar-refractivity contribution in [2.24, 2.45) is 17.8 Å². The predicted molar refractivity (Wildman–Crippen MR) is 59.9 cm³/mol. The van der Waals surface area contributed by atoms with Crippen molar-refractivity contribution < 1.29 is 4.79 Å². The molecule has 2 aliphatic carbocycles. The van der Waals surface area contributed by atoms with E-state index in [9.17, 15) is 4.79 Å². The number of fused-ring (bicyclic) bond motifs is 1. The summed E-state index contributed by atoms with van der Waals surface area (Å²) in [5, 5.41) is 3.08. The maximum Gasteiger partial charge on any atom is 0.141 e. The Kier molecular flexibility index (Phi) is 2.16. The van der Waals surface area contributed by atoms with Crippen molar-refractivity contribution in [1.29, 1.82) is 0 Å². The van der Waals surface area contributed by atoms with Gasteiger partial charge in [0.15, 0.2) is 0 Å². The summed E-state index contributed by atoms with van der Waals surface area (Å²) in [5.41, 5.74) is 0.975. The van der Waals surface area contributed by atoms with Gasteiger partial charge in [-0.1, -0.05) is 0 Å². The van der Waals surface area contributed by atoms with Crippen LogP contribution in [0, 0.1) is 24.7 Å². The van der Waals surface area contributed by atoms with Gasteiger partial charge in [-0.3, -0.25) is 4.79 Å². The first kappa shape index (κ1) is 9.52. The largest absolute Gasteiger partial charge is 0.299 e. The van der Waals surface area contributed by atoms with Crippen molar-refractivity contribution in [3.63, 3.8) is 0 Å². The Hall–Kier alpha value is -0.700. The maximum absolute atomic E-state index is 12.0. The molecule has 2 fully saturated rings. The zero-order chi connectivity index (χ0) is 10.4. The molecule has 2 saturated carbocycles. The number of hydrogen-bond donors (Lipinski definition) is 0. The molecule has 3 heteroatoms. The topological polar surface area (TPSA) is 30.0 Å². The molecule has 0 bridgehead atoms. The van der Waals surface area contributed by atoms with Crippen LogP contribution in [0.1, 0.15) is 30.0 Å². The molecule has 2 unspecified atom stereocenters. The lowest BCUT2D eigenvalue weighted by Gasteiger charge is -2.08. The molecule has 80 valence electrons. The Morgan fingerprint density at radius 2 is 2.20 bits per heavy atom. The standard InChI is InChI=1S/C12H15NOS/c1-7-13-11(6-15-7)5-12(14)10-3-8-2-9(8)4-10/h6,8-10H,2-5H2,1H3. The van der Waals surface area contributed by atoms with Gasteiger partial charge in [0, 0.05) is 17.7 Å². The van der Waals surface area contributed by atoms with E-state index in [1.165, 1.54) is 6.42 Å². The summed E-state index contributed by atoms with van der Waals surface area (Å²) >= 11 is 1.63. The van der Waals surface area contributed by atoms with Crippen LogP contribution in [0.2, 0.25) is 0 Å². The van der Waals surface area contributed by atoms with Crippen LogP contribution in [0.15, 0.2) is 5.38 Å². The van der Waals surface area contributed by atoms with Gasteiger partial charge >= 0.3 is 0 Å². The number of carbonyl (C=O) groups is 1. The second kappa shape index (κ2) is 3.41. The highest BCUT2D eigenvalue weighted by molar-refractivity contribution is 7.09. The summed E-state index contributed by atoms with van der Waals surface area (Å²) in [6, 6.07) is 0. The molecule has 0 spiro atoms. The fourth-order valence-electron chi connectivity index (χ4n) is 2.79. The van der Waals surface area contributed by atoms with Crippen molar-refractivity contribution in [2.45, 2.75) is 32.6 Å². The van der Waals surface area contributed by atoms with E-state index in [0.717, 1.165) is 35.4 Å². The molecule has 3 rings (SSSR count). The highest BCUT2D eigenvalue weighted by Crippen LogP contribution is 2.54. The van der Waals surface area contributed by atoms with Crippen LogP contribution in [-0.4, -0.2) is 10.8 Å². The van der Waals surface area contributed by atoms with Crippen molar-refractivity contribution in [2.75, 3.05) is 0 Å². The molecule has 15 heavy (non-hydrogen) atoms. The van der Waals surface area contributed by atoms with Gasteiger partial charge in [-0.15, -0.1) is 11.3 Å². The Bertz CT molecular complexity index is 388. The van der Waals surface area contributed by atoms with E-state index in [4.69, 9.17) is 0 Å². The summed E-state index contributed by atoms with van der Waals surface area (Å²) in [6.07, 6.45) is 4.27. The van der Waals surface area contributed by atoms with Crippen LogP contribution in [0.3, 0.4) is 0 Å². The first-order valence-electron chi connectivity index (χ1n) is 5.66. The van der Waals surface area contributed by atoms with E-state index in [1.807, 2.05) is 12.3 Å². The predicted octanol–water partition coefficient (Wildman–Crippen LogP) is 2.61. The summed E-state index contributed by atoms with van der Waals surface area (Å²) in [5.74, 6) is 2.58. The molecule has 1 aromatic heterocycles. The van der Waals surface area contributed by atoms with E-state index in [1.54, 1.807) is 11.3 Å². The fourth-order valence-corrected chi connectivity index (χ4v) is 3.40. The Balaban J connectivity index is 1.61. The summed E-state index contributed by atoms with van der Waals surface area (Å²) in [6.45, 7) is 1.99. The summed E-state index contributed by atoms with van der Waals surface area (Å²) < 4.78 is 0. The zero-order valence-electron chi connectivity index (χ0n) is 8.90. The van der Waals surface area contributed by atoms with Crippen molar-refractivity contribution in [3.05, 3.63) is 16.1 Å². The number of hydrogen-bond acceptors (Lipinski definition) is 3. The first-order chi connectivity index (χ1) is 7.22. The number of ketones is 1. The minimum absolute atomic E-state index is 0.357. The van der Waals surface area contributed by atoms with Crippen molar-refractivity contribution >= 4 is 17.1 Å². The van der Waals surface area contributed by atoms with Crippen molar-refractivity contribution in [1.82, 2.24) is 4.98 Å². The van der Waals surface area contributed by atoms with Crippen LogP contribution in [0.4, 0.5) is 0 Å². The molecule has 1 aromatic rings. The normalized spacial score (nSPS) is 32.7. The molecule has 0 radical (unpaired) electrons. The number of aryl methyl sites for hydroxylation is 1. The smallest absolute Gasteiger partial charge is 0.141 e. The van der Waals surface area contributed by atoms with Crippen LogP contribution < -0.4 is 0 Å². The maximum atomic E-state index is 12.0. The number of thiazole rings is 1. The molecule has 0 aromatic carbocycles. The van der Waals surface area contributed by atoms with E-state index >= 15 is 0 Å². The van der Waals surface area contributed by atoms with Gasteiger partial charge in [-0.2, -0.15) is 0 Å². The molecular formula is C12H15NOS. The molecule has 2 nitrogen and oxygen atoms in total. The Morgan fingerprint density at radius 1 is 1.47 bits per heavy atom. The number of rotatable bonds is 3. The molecule has 0 saturated heterocycles. The number of aromatic nitrogens is 1. The Morgan fingerprint density at radius 3 is 2.80 bits per heavy atom. The molecule has 0 amide bonds. The van der Waals surface area contributed by atoms with Crippen molar-refractivity contribution in [3.8, 4) is 0 Å². The van der Waals surface area contributed by atoms with E-state index in [0.29, 0.717) is 18.1 Å². The minimum atomic E-state index is 0.357. The lowest BCUT2D eigenvalue weighted by Crippen LogP contribution is -2.15. The van der Waals surface area contributed by atoms with Gasteiger partial charge in [-0.05, 0) is 38.0 Å². The third-order valence-corrected chi connectivity index (χ3v) is 4.54.